The van der Waals surface area contributed by atoms with Crippen molar-refractivity contribution in [1.29, 1.82) is 0 Å². The summed E-state index contributed by atoms with van der Waals surface area (Å²) in [6.45, 7) is 3.93. The number of nitrogens with zero attached hydrogens (tertiary/aromatic N) is 2. The number of piperidine rings is 1. The van der Waals surface area contributed by atoms with Crippen LogP contribution in [0.15, 0.2) is 60.7 Å². The minimum Gasteiger partial charge on any atom is -0.300 e. The Labute approximate surface area is 148 Å². The molecule has 3 nitrogen and oxygen atoms in total. The molecule has 1 unspecified atom stereocenters. The van der Waals surface area contributed by atoms with Gasteiger partial charge in [-0.05, 0) is 24.6 Å². The molecule has 1 atom stereocenters. The van der Waals surface area contributed by atoms with Crippen LogP contribution < -0.4 is 0 Å². The number of hydrogen-bond acceptors (Lipinski definition) is 3. The summed E-state index contributed by atoms with van der Waals surface area (Å²) in [4.78, 5) is 18.9. The molecule has 2 heterocycles. The summed E-state index contributed by atoms with van der Waals surface area (Å²) in [6.07, 6.45) is 1.33. The molecule has 1 fully saturated rings. The number of carbonyl (C=O) groups is 1. The molecule has 0 radical (unpaired) electrons. The Bertz CT molecular complexity index is 894. The van der Waals surface area contributed by atoms with Gasteiger partial charge in [-0.1, -0.05) is 48.5 Å². The number of ketones is 1. The summed E-state index contributed by atoms with van der Waals surface area (Å²) >= 11 is 0. The van der Waals surface area contributed by atoms with Gasteiger partial charge in [0.05, 0.1) is 11.2 Å². The quantitative estimate of drug-likeness (QED) is 0.702. The fourth-order valence-electron chi connectivity index (χ4n) is 3.66. The summed E-state index contributed by atoms with van der Waals surface area (Å²) in [5, 5.41) is 1.20. The maximum atomic E-state index is 11.6. The summed E-state index contributed by atoms with van der Waals surface area (Å²) in [6, 6.07) is 21.2. The molecule has 0 saturated carbocycles. The number of hydrogen-bond donors (Lipinski definition) is 0. The van der Waals surface area contributed by atoms with E-state index in [1.807, 2.05) is 24.3 Å². The van der Waals surface area contributed by atoms with Crippen molar-refractivity contribution in [1.82, 2.24) is 9.88 Å². The molecule has 126 valence electrons. The topological polar surface area (TPSA) is 33.2 Å². The van der Waals surface area contributed by atoms with Crippen LogP contribution in [0.4, 0.5) is 0 Å². The van der Waals surface area contributed by atoms with Crippen molar-refractivity contribution in [2.24, 2.45) is 0 Å². The van der Waals surface area contributed by atoms with Gasteiger partial charge in [-0.25, -0.2) is 4.98 Å². The van der Waals surface area contributed by atoms with Gasteiger partial charge >= 0.3 is 0 Å². The van der Waals surface area contributed by atoms with Gasteiger partial charge in [0.2, 0.25) is 0 Å². The van der Waals surface area contributed by atoms with E-state index in [9.17, 15) is 4.79 Å². The van der Waals surface area contributed by atoms with Gasteiger partial charge in [0, 0.05) is 42.9 Å². The Kier molecular flexibility index (Phi) is 4.33. The fourth-order valence-corrected chi connectivity index (χ4v) is 3.66. The number of Topliss-reactive ketones (excluding diaryl/α,β-unsaturated/α-hetero) is 1. The van der Waals surface area contributed by atoms with Gasteiger partial charge in [-0.15, -0.1) is 0 Å². The first-order valence-corrected chi connectivity index (χ1v) is 8.93. The lowest BCUT2D eigenvalue weighted by molar-refractivity contribution is -0.121. The molecule has 2 aromatic carbocycles. The first-order chi connectivity index (χ1) is 12.2. The number of pyridine rings is 1. The van der Waals surface area contributed by atoms with Crippen molar-refractivity contribution in [3.05, 3.63) is 66.2 Å². The molecule has 0 bridgehead atoms. The Morgan fingerprint density at radius 2 is 1.64 bits per heavy atom. The molecule has 1 aliphatic heterocycles. The maximum absolute atomic E-state index is 11.6. The molecule has 0 N–H and O–H groups in total. The van der Waals surface area contributed by atoms with Gasteiger partial charge in [-0.3, -0.25) is 9.69 Å². The van der Waals surface area contributed by atoms with Crippen LogP contribution in [0.25, 0.3) is 22.2 Å². The van der Waals surface area contributed by atoms with Gasteiger partial charge in [-0.2, -0.15) is 0 Å². The van der Waals surface area contributed by atoms with Crippen LogP contribution in [-0.2, 0) is 4.79 Å². The second-order valence-electron chi connectivity index (χ2n) is 6.73. The highest BCUT2D eigenvalue weighted by Crippen LogP contribution is 2.32. The smallest absolute Gasteiger partial charge is 0.135 e. The molecule has 1 saturated heterocycles. The SMILES string of the molecule is CC(c1cc(-c2ccccc2)nc2ccccc12)N1CCC(=O)CC1. The molecule has 0 spiro atoms. The lowest BCUT2D eigenvalue weighted by Crippen LogP contribution is -2.35. The zero-order valence-electron chi connectivity index (χ0n) is 14.5. The van der Waals surface area contributed by atoms with Crippen molar-refractivity contribution in [2.45, 2.75) is 25.8 Å². The summed E-state index contributed by atoms with van der Waals surface area (Å²) < 4.78 is 0. The Morgan fingerprint density at radius 3 is 2.40 bits per heavy atom. The third-order valence-corrected chi connectivity index (χ3v) is 5.17. The van der Waals surface area contributed by atoms with Crippen LogP contribution in [0, 0.1) is 0 Å². The number of para-hydroxylation sites is 1. The first kappa shape index (κ1) is 16.0. The van der Waals surface area contributed by atoms with Crippen molar-refractivity contribution in [3.63, 3.8) is 0 Å². The Hall–Kier alpha value is -2.52. The zero-order chi connectivity index (χ0) is 17.2. The van der Waals surface area contributed by atoms with E-state index < -0.39 is 0 Å². The van der Waals surface area contributed by atoms with Crippen LogP contribution in [0.5, 0.6) is 0 Å². The average Bonchev–Trinajstić information content (AvgIpc) is 2.68. The number of benzene rings is 2. The molecular formula is C22H22N2O. The van der Waals surface area contributed by atoms with Crippen LogP contribution in [0.1, 0.15) is 31.4 Å². The number of carbonyl (C=O) groups excluding carboxylic acids is 1. The molecule has 3 heteroatoms. The van der Waals surface area contributed by atoms with E-state index in [1.54, 1.807) is 0 Å². The molecule has 0 amide bonds. The van der Waals surface area contributed by atoms with Crippen LogP contribution in [-0.4, -0.2) is 28.8 Å². The lowest BCUT2D eigenvalue weighted by Gasteiger charge is -2.32. The lowest BCUT2D eigenvalue weighted by atomic mass is 9.97. The second kappa shape index (κ2) is 6.77. The molecule has 25 heavy (non-hydrogen) atoms. The summed E-state index contributed by atoms with van der Waals surface area (Å²) in [5.74, 6) is 0.382. The highest BCUT2D eigenvalue weighted by Gasteiger charge is 2.23. The molecular weight excluding hydrogens is 308 g/mol. The number of fused-ring (bicyclic) bond motifs is 1. The van der Waals surface area contributed by atoms with Gasteiger partial charge in [0.15, 0.2) is 0 Å². The minimum absolute atomic E-state index is 0.267. The molecule has 3 aromatic rings. The highest BCUT2D eigenvalue weighted by molar-refractivity contribution is 5.85. The Balaban J connectivity index is 1.80. The van der Waals surface area contributed by atoms with E-state index in [0.29, 0.717) is 18.6 Å². The predicted octanol–water partition coefficient (Wildman–Crippen LogP) is 4.63. The largest absolute Gasteiger partial charge is 0.300 e. The number of rotatable bonds is 3. The molecule has 4 rings (SSSR count). The van der Waals surface area contributed by atoms with Gasteiger partial charge < -0.3 is 0 Å². The minimum atomic E-state index is 0.267. The monoisotopic (exact) mass is 330 g/mol. The van der Waals surface area contributed by atoms with Gasteiger partial charge in [0.1, 0.15) is 5.78 Å². The van der Waals surface area contributed by atoms with E-state index in [4.69, 9.17) is 4.98 Å². The maximum Gasteiger partial charge on any atom is 0.135 e. The first-order valence-electron chi connectivity index (χ1n) is 8.93. The molecule has 1 aromatic heterocycles. The standard InChI is InChI=1S/C22H22N2O/c1-16(24-13-11-18(25)12-14-24)20-15-22(17-7-3-2-4-8-17)23-21-10-6-5-9-19(20)21/h2-10,15-16H,11-14H2,1H3. The number of aromatic nitrogens is 1. The van der Waals surface area contributed by atoms with Crippen LogP contribution in [0.2, 0.25) is 0 Å². The molecule has 0 aliphatic carbocycles. The van der Waals surface area contributed by atoms with E-state index in [2.05, 4.69) is 48.2 Å². The van der Waals surface area contributed by atoms with E-state index >= 15 is 0 Å². The Morgan fingerprint density at radius 1 is 0.960 bits per heavy atom. The fraction of sp³-hybridized carbons (Fsp3) is 0.273. The summed E-state index contributed by atoms with van der Waals surface area (Å²) in [5.41, 5.74) is 4.46. The third-order valence-electron chi connectivity index (χ3n) is 5.17. The van der Waals surface area contributed by atoms with Crippen LogP contribution >= 0.6 is 0 Å². The van der Waals surface area contributed by atoms with Crippen molar-refractivity contribution >= 4 is 16.7 Å². The number of likely N-dealkylation sites (tertiary alicyclic amines) is 1. The predicted molar refractivity (Wildman–Crippen MR) is 101 cm³/mol. The molecule has 1 aliphatic rings. The van der Waals surface area contributed by atoms with Crippen LogP contribution in [0.3, 0.4) is 0 Å². The average molecular weight is 330 g/mol. The van der Waals surface area contributed by atoms with Crippen molar-refractivity contribution in [3.8, 4) is 11.3 Å². The normalized spacial score (nSPS) is 16.9. The highest BCUT2D eigenvalue weighted by atomic mass is 16.1. The van der Waals surface area contributed by atoms with E-state index in [-0.39, 0.29) is 6.04 Å². The van der Waals surface area contributed by atoms with Crippen molar-refractivity contribution in [2.75, 3.05) is 13.1 Å². The zero-order valence-corrected chi connectivity index (χ0v) is 14.5. The second-order valence-corrected chi connectivity index (χ2v) is 6.73. The van der Waals surface area contributed by atoms with E-state index in [1.165, 1.54) is 10.9 Å². The summed E-state index contributed by atoms with van der Waals surface area (Å²) in [7, 11) is 0. The third kappa shape index (κ3) is 3.20. The van der Waals surface area contributed by atoms with E-state index in [0.717, 1.165) is 29.9 Å². The van der Waals surface area contributed by atoms with Gasteiger partial charge in [0.25, 0.3) is 0 Å². The van der Waals surface area contributed by atoms with Crippen molar-refractivity contribution < 1.29 is 4.79 Å².